The zero-order valence-corrected chi connectivity index (χ0v) is 9.05. The van der Waals surface area contributed by atoms with Crippen LogP contribution >= 0.6 is 11.3 Å². The fourth-order valence-electron chi connectivity index (χ4n) is 2.04. The Balaban J connectivity index is 1.75. The second kappa shape index (κ2) is 3.50. The van der Waals surface area contributed by atoms with Gasteiger partial charge in [0.05, 0.1) is 6.54 Å². The molecule has 1 amide bonds. The summed E-state index contributed by atoms with van der Waals surface area (Å²) in [5.74, 6) is 1.01. The number of nitrogens with one attached hydrogen (secondary N) is 1. The van der Waals surface area contributed by atoms with E-state index in [9.17, 15) is 4.79 Å². The Morgan fingerprint density at radius 1 is 1.53 bits per heavy atom. The number of carbonyl (C=O) groups excluding carboxylic acids is 1. The molecule has 0 aliphatic carbocycles. The number of piperidine rings is 1. The van der Waals surface area contributed by atoms with Gasteiger partial charge in [-0.1, -0.05) is 0 Å². The lowest BCUT2D eigenvalue weighted by molar-refractivity contribution is -0.145. The number of carbonyl (C=O) groups is 1. The second-order valence-electron chi connectivity index (χ2n) is 3.88. The van der Waals surface area contributed by atoms with Gasteiger partial charge >= 0.3 is 0 Å². The van der Waals surface area contributed by atoms with E-state index in [-0.39, 0.29) is 11.9 Å². The summed E-state index contributed by atoms with van der Waals surface area (Å²) in [6.45, 7) is 1.53. The van der Waals surface area contributed by atoms with Crippen molar-refractivity contribution in [3.8, 4) is 5.75 Å². The number of fused-ring (bicyclic) bond motifs is 1. The van der Waals surface area contributed by atoms with Gasteiger partial charge in [-0.15, -0.1) is 16.4 Å². The molecule has 0 spiro atoms. The smallest absolute Gasteiger partial charge is 0.240 e. The first-order valence-electron chi connectivity index (χ1n) is 5.12. The van der Waals surface area contributed by atoms with Gasteiger partial charge in [-0.3, -0.25) is 4.79 Å². The molecule has 1 aromatic rings. The van der Waals surface area contributed by atoms with Crippen molar-refractivity contribution in [3.05, 3.63) is 16.3 Å². The Kier molecular flexibility index (Phi) is 2.14. The van der Waals surface area contributed by atoms with Crippen LogP contribution in [0, 0.1) is 0 Å². The largest absolute Gasteiger partial charge is 0.404 e. The Bertz CT molecular complexity index is 370. The molecule has 15 heavy (non-hydrogen) atoms. The van der Waals surface area contributed by atoms with Crippen LogP contribution in [0.3, 0.4) is 0 Å². The maximum absolute atomic E-state index is 11.6. The van der Waals surface area contributed by atoms with Crippen LogP contribution in [0.1, 0.15) is 18.4 Å². The zero-order chi connectivity index (χ0) is 10.3. The molecule has 1 N–H and O–H groups in total. The molecule has 1 saturated heterocycles. The molecule has 0 bridgehead atoms. The van der Waals surface area contributed by atoms with E-state index in [1.807, 2.05) is 5.38 Å². The molecular formula is C10H12N2O2S. The fourth-order valence-corrected chi connectivity index (χ4v) is 2.78. The zero-order valence-electron chi connectivity index (χ0n) is 8.23. The summed E-state index contributed by atoms with van der Waals surface area (Å²) in [5.41, 5.74) is 1.19. The van der Waals surface area contributed by atoms with Crippen molar-refractivity contribution < 1.29 is 9.63 Å². The van der Waals surface area contributed by atoms with E-state index in [2.05, 4.69) is 10.7 Å². The van der Waals surface area contributed by atoms with Crippen LogP contribution in [0.2, 0.25) is 0 Å². The quantitative estimate of drug-likeness (QED) is 0.777. The highest BCUT2D eigenvalue weighted by Crippen LogP contribution is 2.33. The van der Waals surface area contributed by atoms with Gasteiger partial charge < -0.3 is 10.2 Å². The van der Waals surface area contributed by atoms with Crippen LogP contribution in [-0.2, 0) is 11.3 Å². The normalized spacial score (nSPS) is 25.9. The topological polar surface area (TPSA) is 41.6 Å². The SMILES string of the molecule is O=C1NCCC[C@H]1N1Cc2cscc2O1. The molecule has 3 heterocycles. The summed E-state index contributed by atoms with van der Waals surface area (Å²) >= 11 is 1.64. The lowest BCUT2D eigenvalue weighted by Gasteiger charge is -2.28. The van der Waals surface area contributed by atoms with Crippen LogP contribution in [-0.4, -0.2) is 23.6 Å². The van der Waals surface area contributed by atoms with Gasteiger partial charge in [0.15, 0.2) is 5.75 Å². The molecule has 1 aromatic heterocycles. The van der Waals surface area contributed by atoms with Crippen LogP contribution in [0.25, 0.3) is 0 Å². The lowest BCUT2D eigenvalue weighted by atomic mass is 10.1. The summed E-state index contributed by atoms with van der Waals surface area (Å²) in [6, 6.07) is -0.115. The molecule has 5 heteroatoms. The second-order valence-corrected chi connectivity index (χ2v) is 4.62. The Morgan fingerprint density at radius 2 is 2.47 bits per heavy atom. The molecule has 0 unspecified atom stereocenters. The number of nitrogens with zero attached hydrogens (tertiary/aromatic N) is 1. The van der Waals surface area contributed by atoms with Crippen LogP contribution < -0.4 is 10.2 Å². The number of rotatable bonds is 1. The van der Waals surface area contributed by atoms with Crippen LogP contribution in [0.15, 0.2) is 10.8 Å². The van der Waals surface area contributed by atoms with Crippen molar-refractivity contribution in [2.75, 3.05) is 6.54 Å². The molecule has 3 rings (SSSR count). The predicted octanol–water partition coefficient (Wildman–Crippen LogP) is 1.14. The Hall–Kier alpha value is -1.07. The Labute approximate surface area is 91.8 Å². The summed E-state index contributed by atoms with van der Waals surface area (Å²) in [6.07, 6.45) is 1.92. The number of hydrogen-bond donors (Lipinski definition) is 1. The first-order chi connectivity index (χ1) is 7.34. The third-order valence-corrected chi connectivity index (χ3v) is 3.62. The van der Waals surface area contributed by atoms with Crippen LogP contribution in [0.5, 0.6) is 5.75 Å². The van der Waals surface area contributed by atoms with Gasteiger partial charge in [0.25, 0.3) is 0 Å². The van der Waals surface area contributed by atoms with Crippen molar-refractivity contribution in [2.24, 2.45) is 0 Å². The third kappa shape index (κ3) is 1.52. The first-order valence-corrected chi connectivity index (χ1v) is 6.06. The average Bonchev–Trinajstić information content (AvgIpc) is 2.77. The standard InChI is InChI=1S/C10H12N2O2S/c13-10-8(2-1-3-11-10)12-4-7-5-15-6-9(7)14-12/h5-6,8H,1-4H2,(H,11,13)/t8-/m1/s1. The van der Waals surface area contributed by atoms with Gasteiger partial charge in [-0.05, 0) is 18.2 Å². The monoisotopic (exact) mass is 224 g/mol. The van der Waals surface area contributed by atoms with Gasteiger partial charge in [-0.25, -0.2) is 0 Å². The van der Waals surface area contributed by atoms with Crippen molar-refractivity contribution in [1.82, 2.24) is 10.4 Å². The van der Waals surface area contributed by atoms with E-state index >= 15 is 0 Å². The van der Waals surface area contributed by atoms with Gasteiger partial charge in [-0.2, -0.15) is 0 Å². The Morgan fingerprint density at radius 3 is 3.27 bits per heavy atom. The van der Waals surface area contributed by atoms with E-state index in [1.165, 1.54) is 5.56 Å². The van der Waals surface area contributed by atoms with E-state index in [0.29, 0.717) is 0 Å². The summed E-state index contributed by atoms with van der Waals surface area (Å²) in [4.78, 5) is 17.3. The summed E-state index contributed by atoms with van der Waals surface area (Å²) in [7, 11) is 0. The van der Waals surface area contributed by atoms with E-state index in [4.69, 9.17) is 4.84 Å². The minimum Gasteiger partial charge on any atom is -0.404 e. The van der Waals surface area contributed by atoms with E-state index in [1.54, 1.807) is 16.4 Å². The first kappa shape index (κ1) is 9.18. The van der Waals surface area contributed by atoms with E-state index < -0.39 is 0 Å². The third-order valence-electron chi connectivity index (χ3n) is 2.85. The maximum atomic E-state index is 11.6. The minimum absolute atomic E-state index is 0.0927. The molecule has 1 fully saturated rings. The summed E-state index contributed by atoms with van der Waals surface area (Å²) in [5, 5.41) is 8.73. The van der Waals surface area contributed by atoms with E-state index in [0.717, 1.165) is 31.7 Å². The predicted molar refractivity (Wildman–Crippen MR) is 56.5 cm³/mol. The van der Waals surface area contributed by atoms with Crippen molar-refractivity contribution in [2.45, 2.75) is 25.4 Å². The highest BCUT2D eigenvalue weighted by atomic mass is 32.1. The minimum atomic E-state index is -0.115. The highest BCUT2D eigenvalue weighted by Gasteiger charge is 2.34. The maximum Gasteiger partial charge on any atom is 0.240 e. The van der Waals surface area contributed by atoms with Gasteiger partial charge in [0.2, 0.25) is 5.91 Å². The molecule has 80 valence electrons. The molecule has 2 aliphatic heterocycles. The van der Waals surface area contributed by atoms with Crippen molar-refractivity contribution in [3.63, 3.8) is 0 Å². The van der Waals surface area contributed by atoms with Crippen molar-refractivity contribution >= 4 is 17.2 Å². The molecular weight excluding hydrogens is 212 g/mol. The van der Waals surface area contributed by atoms with Gasteiger partial charge in [0.1, 0.15) is 6.04 Å². The van der Waals surface area contributed by atoms with Gasteiger partial charge in [0, 0.05) is 17.5 Å². The number of hydroxylamine groups is 2. The number of amides is 1. The number of hydrogen-bond acceptors (Lipinski definition) is 4. The van der Waals surface area contributed by atoms with Crippen molar-refractivity contribution in [1.29, 1.82) is 0 Å². The van der Waals surface area contributed by atoms with Crippen LogP contribution in [0.4, 0.5) is 0 Å². The molecule has 4 nitrogen and oxygen atoms in total. The average molecular weight is 224 g/mol. The molecule has 0 saturated carbocycles. The molecule has 2 aliphatic rings. The molecule has 0 radical (unpaired) electrons. The fraction of sp³-hybridized carbons (Fsp3) is 0.500. The highest BCUT2D eigenvalue weighted by molar-refractivity contribution is 7.08. The molecule has 0 aromatic carbocycles. The lowest BCUT2D eigenvalue weighted by Crippen LogP contribution is -2.49. The molecule has 1 atom stereocenters. The summed E-state index contributed by atoms with van der Waals surface area (Å²) < 4.78 is 0. The number of thiophene rings is 1.